The first-order chi connectivity index (χ1) is 27.8. The second kappa shape index (κ2) is 50.6. The molecule has 0 aliphatic heterocycles. The average Bonchev–Trinajstić information content (AvgIpc) is 3.21. The topological polar surface area (TPSA) is 29.1 Å². The van der Waals surface area contributed by atoms with E-state index in [0.717, 1.165) is 12.8 Å². The molecule has 1 atom stereocenters. The second-order valence-corrected chi connectivity index (χ2v) is 18.8. The van der Waals surface area contributed by atoms with Crippen molar-refractivity contribution in [1.82, 2.24) is 5.32 Å². The van der Waals surface area contributed by atoms with Crippen LogP contribution >= 0.6 is 0 Å². The molecule has 1 N–H and O–H groups in total. The van der Waals surface area contributed by atoms with Crippen molar-refractivity contribution in [3.8, 4) is 0 Å². The van der Waals surface area contributed by atoms with E-state index in [2.05, 4.69) is 19.2 Å². The average molecular weight is 788 g/mol. The predicted molar refractivity (Wildman–Crippen MR) is 255 cm³/mol. The summed E-state index contributed by atoms with van der Waals surface area (Å²) in [4.78, 5) is 12.5. The highest BCUT2D eigenvalue weighted by Gasteiger charge is 2.16. The molecule has 1 amide bonds. The third-order valence-corrected chi connectivity index (χ3v) is 13.2. The smallest absolute Gasteiger partial charge is 0.222 e. The molecule has 0 saturated carbocycles. The van der Waals surface area contributed by atoms with Crippen LogP contribution in [-0.4, -0.2) is 13.0 Å². The lowest BCUT2D eigenvalue weighted by Crippen LogP contribution is -2.27. The molecule has 1 unspecified atom stereocenters. The van der Waals surface area contributed by atoms with Crippen LogP contribution < -0.4 is 5.32 Å². The SMILES string of the molecule is CCCCCCCCCCCCCCCCCCCCCCCCCCC(CCCCCCCCCCCCCCCCCCCCCCCCC)C(=O)NC. The second-order valence-electron chi connectivity index (χ2n) is 18.8. The van der Waals surface area contributed by atoms with Gasteiger partial charge in [0.2, 0.25) is 5.91 Å². The Morgan fingerprint density at radius 3 is 0.554 bits per heavy atom. The van der Waals surface area contributed by atoms with Gasteiger partial charge in [0.25, 0.3) is 0 Å². The standard InChI is InChI=1S/C54H109NO/c1-4-6-8-10-12-14-16-18-20-22-24-26-28-30-32-34-36-38-40-42-44-46-48-50-52-53(54(56)55-3)51-49-47-45-43-41-39-37-35-33-31-29-27-25-23-21-19-17-15-13-11-9-7-5-2/h53H,4-52H2,1-3H3,(H,55,56). The molecular weight excluding hydrogens is 679 g/mol. The summed E-state index contributed by atoms with van der Waals surface area (Å²) in [5, 5.41) is 2.96. The van der Waals surface area contributed by atoms with Gasteiger partial charge in [-0.2, -0.15) is 0 Å². The van der Waals surface area contributed by atoms with Crippen LogP contribution in [-0.2, 0) is 4.79 Å². The monoisotopic (exact) mass is 788 g/mol. The van der Waals surface area contributed by atoms with E-state index in [0.29, 0.717) is 0 Å². The fourth-order valence-electron chi connectivity index (χ4n) is 9.14. The molecule has 0 aromatic heterocycles. The molecule has 0 saturated heterocycles. The summed E-state index contributed by atoms with van der Waals surface area (Å²) < 4.78 is 0. The van der Waals surface area contributed by atoms with Crippen molar-refractivity contribution in [3.05, 3.63) is 0 Å². The van der Waals surface area contributed by atoms with Crippen LogP contribution in [0.15, 0.2) is 0 Å². The Kier molecular flexibility index (Phi) is 50.1. The summed E-state index contributed by atoms with van der Waals surface area (Å²) in [7, 11) is 1.83. The Labute approximate surface area is 356 Å². The van der Waals surface area contributed by atoms with Gasteiger partial charge in [-0.15, -0.1) is 0 Å². The number of unbranched alkanes of at least 4 members (excludes halogenated alkanes) is 45. The largest absolute Gasteiger partial charge is 0.359 e. The molecule has 2 heteroatoms. The van der Waals surface area contributed by atoms with E-state index < -0.39 is 0 Å². The predicted octanol–water partition coefficient (Wildman–Crippen LogP) is 19.5. The van der Waals surface area contributed by atoms with Crippen molar-refractivity contribution in [3.63, 3.8) is 0 Å². The Hall–Kier alpha value is -0.530. The molecule has 0 aliphatic rings. The Balaban J connectivity index is 3.40. The maximum absolute atomic E-state index is 12.5. The van der Waals surface area contributed by atoms with Crippen LogP contribution in [0.1, 0.15) is 328 Å². The summed E-state index contributed by atoms with van der Waals surface area (Å²) in [5.41, 5.74) is 0. The minimum Gasteiger partial charge on any atom is -0.359 e. The number of hydrogen-bond donors (Lipinski definition) is 1. The lowest BCUT2D eigenvalue weighted by Gasteiger charge is -2.15. The quantitative estimate of drug-likeness (QED) is 0.0611. The van der Waals surface area contributed by atoms with Gasteiger partial charge in [-0.1, -0.05) is 316 Å². The zero-order valence-electron chi connectivity index (χ0n) is 39.6. The first kappa shape index (κ1) is 55.5. The van der Waals surface area contributed by atoms with Crippen LogP contribution in [0.2, 0.25) is 0 Å². The third-order valence-electron chi connectivity index (χ3n) is 13.2. The van der Waals surface area contributed by atoms with Gasteiger partial charge in [-0.3, -0.25) is 4.79 Å². The zero-order valence-corrected chi connectivity index (χ0v) is 39.6. The fourth-order valence-corrected chi connectivity index (χ4v) is 9.14. The van der Waals surface area contributed by atoms with Crippen LogP contribution in [0.5, 0.6) is 0 Å². The van der Waals surface area contributed by atoms with Crippen molar-refractivity contribution >= 4 is 5.91 Å². The Bertz CT molecular complexity index is 705. The molecule has 0 aromatic carbocycles. The van der Waals surface area contributed by atoms with Gasteiger partial charge in [0.1, 0.15) is 0 Å². The van der Waals surface area contributed by atoms with E-state index in [1.807, 2.05) is 7.05 Å². The highest BCUT2D eigenvalue weighted by atomic mass is 16.1. The highest BCUT2D eigenvalue weighted by Crippen LogP contribution is 2.21. The molecule has 336 valence electrons. The number of nitrogens with one attached hydrogen (secondary N) is 1. The first-order valence-corrected chi connectivity index (χ1v) is 27.0. The number of carbonyl (C=O) groups excluding carboxylic acids is 1. The van der Waals surface area contributed by atoms with E-state index in [1.165, 1.54) is 302 Å². The molecular formula is C54H109NO. The summed E-state index contributed by atoms with van der Waals surface area (Å²) in [6.07, 6.45) is 69.5. The molecule has 0 fully saturated rings. The molecule has 0 rings (SSSR count). The Morgan fingerprint density at radius 2 is 0.411 bits per heavy atom. The van der Waals surface area contributed by atoms with Crippen LogP contribution in [0, 0.1) is 5.92 Å². The summed E-state index contributed by atoms with van der Waals surface area (Å²) >= 11 is 0. The van der Waals surface area contributed by atoms with E-state index in [-0.39, 0.29) is 11.8 Å². The summed E-state index contributed by atoms with van der Waals surface area (Å²) in [5.74, 6) is 0.535. The van der Waals surface area contributed by atoms with E-state index in [9.17, 15) is 4.79 Å². The van der Waals surface area contributed by atoms with Crippen LogP contribution in [0.25, 0.3) is 0 Å². The summed E-state index contributed by atoms with van der Waals surface area (Å²) in [6.45, 7) is 4.61. The lowest BCUT2D eigenvalue weighted by molar-refractivity contribution is -0.125. The highest BCUT2D eigenvalue weighted by molar-refractivity contribution is 5.78. The van der Waals surface area contributed by atoms with Gasteiger partial charge < -0.3 is 5.32 Å². The number of amides is 1. The van der Waals surface area contributed by atoms with Crippen LogP contribution in [0.4, 0.5) is 0 Å². The van der Waals surface area contributed by atoms with Crippen molar-refractivity contribution < 1.29 is 4.79 Å². The molecule has 56 heavy (non-hydrogen) atoms. The van der Waals surface area contributed by atoms with Gasteiger partial charge in [-0.05, 0) is 12.8 Å². The molecule has 0 aliphatic carbocycles. The van der Waals surface area contributed by atoms with Gasteiger partial charge in [0, 0.05) is 13.0 Å². The van der Waals surface area contributed by atoms with Gasteiger partial charge in [0.05, 0.1) is 0 Å². The maximum Gasteiger partial charge on any atom is 0.222 e. The van der Waals surface area contributed by atoms with E-state index >= 15 is 0 Å². The normalized spacial score (nSPS) is 12.1. The molecule has 0 radical (unpaired) electrons. The van der Waals surface area contributed by atoms with Gasteiger partial charge in [-0.25, -0.2) is 0 Å². The fraction of sp³-hybridized carbons (Fsp3) is 0.981. The first-order valence-electron chi connectivity index (χ1n) is 27.0. The van der Waals surface area contributed by atoms with Crippen molar-refractivity contribution in [2.75, 3.05) is 7.05 Å². The number of rotatable bonds is 50. The zero-order chi connectivity index (χ0) is 40.5. The Morgan fingerprint density at radius 1 is 0.268 bits per heavy atom. The summed E-state index contributed by atoms with van der Waals surface area (Å²) in [6, 6.07) is 0. The lowest BCUT2D eigenvalue weighted by atomic mass is 9.93. The van der Waals surface area contributed by atoms with Gasteiger partial charge in [0.15, 0.2) is 0 Å². The van der Waals surface area contributed by atoms with E-state index in [1.54, 1.807) is 0 Å². The molecule has 0 bridgehead atoms. The van der Waals surface area contributed by atoms with E-state index in [4.69, 9.17) is 0 Å². The van der Waals surface area contributed by atoms with Gasteiger partial charge >= 0.3 is 0 Å². The number of carbonyl (C=O) groups is 1. The minimum absolute atomic E-state index is 0.245. The molecule has 2 nitrogen and oxygen atoms in total. The third kappa shape index (κ3) is 46.2. The molecule has 0 aromatic rings. The maximum atomic E-state index is 12.5. The van der Waals surface area contributed by atoms with Crippen LogP contribution in [0.3, 0.4) is 0 Å². The molecule has 0 spiro atoms. The molecule has 0 heterocycles. The van der Waals surface area contributed by atoms with Crippen molar-refractivity contribution in [1.29, 1.82) is 0 Å². The minimum atomic E-state index is 0.245. The van der Waals surface area contributed by atoms with Crippen molar-refractivity contribution in [2.45, 2.75) is 328 Å². The number of hydrogen-bond acceptors (Lipinski definition) is 1. The van der Waals surface area contributed by atoms with Crippen molar-refractivity contribution in [2.24, 2.45) is 5.92 Å².